The Bertz CT molecular complexity index is 679. The van der Waals surface area contributed by atoms with Gasteiger partial charge in [-0.15, -0.1) is 34.0 Å². The Balaban J connectivity index is 2.07. The summed E-state index contributed by atoms with van der Waals surface area (Å²) in [6.45, 7) is 0. The van der Waals surface area contributed by atoms with Crippen molar-refractivity contribution in [1.82, 2.24) is 0 Å². The summed E-state index contributed by atoms with van der Waals surface area (Å²) in [5, 5.41) is 2.05. The molecule has 0 N–H and O–H groups in total. The molecule has 0 bridgehead atoms. The smallest absolute Gasteiger partial charge is 0.205 e. The van der Waals surface area contributed by atoms with Gasteiger partial charge in [0.15, 0.2) is 0 Å². The second-order valence-electron chi connectivity index (χ2n) is 3.33. The van der Waals surface area contributed by atoms with Crippen LogP contribution in [0.25, 0.3) is 9.40 Å². The summed E-state index contributed by atoms with van der Waals surface area (Å²) < 4.78 is 4.21. The lowest BCUT2D eigenvalue weighted by molar-refractivity contribution is 0.104. The third-order valence-electron chi connectivity index (χ3n) is 2.26. The normalized spacial score (nSPS) is 11.2. The lowest BCUT2D eigenvalue weighted by atomic mass is 10.2. The average molecular weight is 408 g/mol. The Morgan fingerprint density at radius 3 is 2.59 bits per heavy atom. The molecule has 0 aliphatic carbocycles. The van der Waals surface area contributed by atoms with Crippen molar-refractivity contribution >= 4 is 81.1 Å². The van der Waals surface area contributed by atoms with Crippen LogP contribution in [-0.4, -0.2) is 5.78 Å². The first-order valence-electron chi connectivity index (χ1n) is 4.62. The van der Waals surface area contributed by atoms with Crippen LogP contribution in [0, 0.1) is 0 Å². The zero-order chi connectivity index (χ0) is 12.0. The van der Waals surface area contributed by atoms with E-state index in [-0.39, 0.29) is 5.78 Å². The fourth-order valence-electron chi connectivity index (χ4n) is 1.51. The van der Waals surface area contributed by atoms with E-state index in [1.807, 2.05) is 17.5 Å². The highest BCUT2D eigenvalue weighted by Gasteiger charge is 2.18. The van der Waals surface area contributed by atoms with Crippen molar-refractivity contribution in [3.8, 4) is 0 Å². The number of rotatable bonds is 2. The molecule has 86 valence electrons. The van der Waals surface area contributed by atoms with E-state index in [4.69, 9.17) is 0 Å². The van der Waals surface area contributed by atoms with Crippen LogP contribution in [0.1, 0.15) is 15.2 Å². The zero-order valence-electron chi connectivity index (χ0n) is 8.20. The van der Waals surface area contributed by atoms with Crippen molar-refractivity contribution in [3.05, 3.63) is 41.6 Å². The number of hydrogen-bond donors (Lipinski definition) is 0. The number of halogens is 2. The maximum absolute atomic E-state index is 12.3. The largest absolute Gasteiger partial charge is 0.288 e. The zero-order valence-corrected chi connectivity index (χ0v) is 13.8. The molecular weight excluding hydrogens is 404 g/mol. The molecule has 0 aliphatic rings. The Hall–Kier alpha value is -0.0100. The van der Waals surface area contributed by atoms with E-state index in [0.717, 1.165) is 18.0 Å². The molecule has 1 nitrogen and oxygen atoms in total. The number of hydrogen-bond acceptors (Lipinski definition) is 4. The Morgan fingerprint density at radius 1 is 1.12 bits per heavy atom. The fraction of sp³-hybridized carbons (Fsp3) is 0. The highest BCUT2D eigenvalue weighted by molar-refractivity contribution is 9.12. The van der Waals surface area contributed by atoms with Gasteiger partial charge in [-0.3, -0.25) is 4.79 Å². The minimum Gasteiger partial charge on any atom is -0.288 e. The van der Waals surface area contributed by atoms with Crippen molar-refractivity contribution < 1.29 is 4.79 Å². The first-order chi connectivity index (χ1) is 8.15. The molecule has 0 unspecified atom stereocenters. The Labute approximate surface area is 126 Å². The van der Waals surface area contributed by atoms with E-state index >= 15 is 0 Å². The molecule has 17 heavy (non-hydrogen) atoms. The molecule has 0 amide bonds. The maximum Gasteiger partial charge on any atom is 0.205 e. The second-order valence-corrected chi connectivity index (χ2v) is 9.11. The van der Waals surface area contributed by atoms with Gasteiger partial charge in [-0.25, -0.2) is 0 Å². The summed E-state index contributed by atoms with van der Waals surface area (Å²) in [7, 11) is 0. The van der Waals surface area contributed by atoms with Crippen molar-refractivity contribution in [2.45, 2.75) is 0 Å². The number of carbonyl (C=O) groups is 1. The summed E-state index contributed by atoms with van der Waals surface area (Å²) >= 11 is 11.6. The molecule has 3 aromatic heterocycles. The third-order valence-corrected chi connectivity index (χ3v) is 6.70. The summed E-state index contributed by atoms with van der Waals surface area (Å²) in [4.78, 5) is 13.1. The van der Waals surface area contributed by atoms with E-state index in [9.17, 15) is 4.79 Å². The molecule has 3 heterocycles. The lowest BCUT2D eigenvalue weighted by Crippen LogP contribution is -1.96. The second kappa shape index (κ2) is 4.59. The predicted octanol–water partition coefficient (Wildman–Crippen LogP) is 5.78. The highest BCUT2D eigenvalue weighted by Crippen LogP contribution is 2.36. The SMILES string of the molecule is O=C(c1cc2sccc2s1)c1cc(Br)sc1Br. The van der Waals surface area contributed by atoms with Gasteiger partial charge in [0.05, 0.1) is 12.4 Å². The summed E-state index contributed by atoms with van der Waals surface area (Å²) in [5.74, 6) is 0.0900. The van der Waals surface area contributed by atoms with Gasteiger partial charge in [-0.05, 0) is 55.4 Å². The minimum atomic E-state index is 0.0900. The van der Waals surface area contributed by atoms with Crippen molar-refractivity contribution in [3.63, 3.8) is 0 Å². The van der Waals surface area contributed by atoms with Crippen LogP contribution in [0.4, 0.5) is 0 Å². The summed E-state index contributed by atoms with van der Waals surface area (Å²) in [6, 6.07) is 5.90. The van der Waals surface area contributed by atoms with E-state index in [1.54, 1.807) is 22.7 Å². The minimum absolute atomic E-state index is 0.0900. The van der Waals surface area contributed by atoms with E-state index in [2.05, 4.69) is 37.9 Å². The molecule has 0 radical (unpaired) electrons. The Morgan fingerprint density at radius 2 is 1.94 bits per heavy atom. The van der Waals surface area contributed by atoms with E-state index in [0.29, 0.717) is 0 Å². The van der Waals surface area contributed by atoms with Crippen molar-refractivity contribution in [2.24, 2.45) is 0 Å². The van der Waals surface area contributed by atoms with Crippen LogP contribution in [0.15, 0.2) is 31.2 Å². The highest BCUT2D eigenvalue weighted by atomic mass is 79.9. The van der Waals surface area contributed by atoms with Gasteiger partial charge in [0.25, 0.3) is 0 Å². The number of fused-ring (bicyclic) bond motifs is 1. The number of carbonyl (C=O) groups excluding carboxylic acids is 1. The van der Waals surface area contributed by atoms with E-state index in [1.165, 1.54) is 20.7 Å². The van der Waals surface area contributed by atoms with Crippen LogP contribution in [0.3, 0.4) is 0 Å². The van der Waals surface area contributed by atoms with Gasteiger partial charge in [-0.2, -0.15) is 0 Å². The molecule has 3 aromatic rings. The molecule has 0 spiro atoms. The monoisotopic (exact) mass is 406 g/mol. The van der Waals surface area contributed by atoms with Gasteiger partial charge < -0.3 is 0 Å². The standard InChI is InChI=1S/C11H4Br2OS3/c12-9-3-5(11(13)17-9)10(14)8-4-7-6(16-8)1-2-15-7/h1-4H. The van der Waals surface area contributed by atoms with Crippen molar-refractivity contribution in [1.29, 1.82) is 0 Å². The molecule has 0 fully saturated rings. The molecule has 0 aliphatic heterocycles. The molecular formula is C11H4Br2OS3. The Kier molecular flexibility index (Phi) is 3.25. The van der Waals surface area contributed by atoms with Crippen LogP contribution in [-0.2, 0) is 0 Å². The first kappa shape index (κ1) is 12.0. The van der Waals surface area contributed by atoms with Crippen LogP contribution in [0.5, 0.6) is 0 Å². The van der Waals surface area contributed by atoms with Crippen LogP contribution in [0.2, 0.25) is 0 Å². The maximum atomic E-state index is 12.3. The van der Waals surface area contributed by atoms with Crippen LogP contribution >= 0.6 is 65.9 Å². The number of thiophene rings is 3. The van der Waals surface area contributed by atoms with Gasteiger partial charge >= 0.3 is 0 Å². The predicted molar refractivity (Wildman–Crippen MR) is 82.9 cm³/mol. The van der Waals surface area contributed by atoms with Gasteiger partial charge in [0.2, 0.25) is 5.78 Å². The topological polar surface area (TPSA) is 17.1 Å². The summed E-state index contributed by atoms with van der Waals surface area (Å²) in [6.07, 6.45) is 0. The van der Waals surface area contributed by atoms with Gasteiger partial charge in [-0.1, -0.05) is 0 Å². The number of ketones is 1. The molecule has 6 heteroatoms. The van der Waals surface area contributed by atoms with Gasteiger partial charge in [0.1, 0.15) is 0 Å². The lowest BCUT2D eigenvalue weighted by Gasteiger charge is -1.93. The fourth-order valence-corrected chi connectivity index (χ4v) is 6.36. The molecule has 0 saturated heterocycles. The van der Waals surface area contributed by atoms with Crippen LogP contribution < -0.4 is 0 Å². The third kappa shape index (κ3) is 2.17. The molecule has 0 atom stereocenters. The van der Waals surface area contributed by atoms with E-state index < -0.39 is 0 Å². The molecule has 0 aromatic carbocycles. The molecule has 0 saturated carbocycles. The first-order valence-corrected chi connectivity index (χ1v) is 8.71. The van der Waals surface area contributed by atoms with Crippen molar-refractivity contribution in [2.75, 3.05) is 0 Å². The quantitative estimate of drug-likeness (QED) is 0.492. The van der Waals surface area contributed by atoms with Gasteiger partial charge in [0, 0.05) is 15.0 Å². The molecule has 3 rings (SSSR count). The average Bonchev–Trinajstić information content (AvgIpc) is 2.90. The summed E-state index contributed by atoms with van der Waals surface area (Å²) in [5.41, 5.74) is 0.732.